The van der Waals surface area contributed by atoms with Crippen LogP contribution in [-0.2, 0) is 13.4 Å². The largest absolute Gasteiger partial charge is 0.424 e. The van der Waals surface area contributed by atoms with E-state index in [1.807, 2.05) is 0 Å². The van der Waals surface area contributed by atoms with Gasteiger partial charge in [0, 0.05) is 4.47 Å². The van der Waals surface area contributed by atoms with Gasteiger partial charge in [0.2, 0.25) is 0 Å². The second-order valence-corrected chi connectivity index (χ2v) is 7.10. The Morgan fingerprint density at radius 1 is 1.12 bits per heavy atom. The van der Waals surface area contributed by atoms with Gasteiger partial charge < -0.3 is 9.42 Å². The summed E-state index contributed by atoms with van der Waals surface area (Å²) in [6.07, 6.45) is 0. The SMILES string of the molecule is O=[PH](O)O[PH](=O)Oc1c(Br)cc(Br)cc1Br. The number of halogens is 3. The molecule has 0 aliphatic heterocycles. The molecule has 1 rings (SSSR count). The van der Waals surface area contributed by atoms with Gasteiger partial charge >= 0.3 is 16.5 Å². The van der Waals surface area contributed by atoms with E-state index in [1.165, 1.54) is 0 Å². The van der Waals surface area contributed by atoms with Gasteiger partial charge in [-0.3, -0.25) is 4.57 Å². The van der Waals surface area contributed by atoms with Crippen molar-refractivity contribution in [1.29, 1.82) is 0 Å². The molecule has 1 aromatic rings. The normalized spacial score (nSPS) is 14.5. The molecule has 2 atom stereocenters. The molecule has 0 aliphatic carbocycles. The summed E-state index contributed by atoms with van der Waals surface area (Å²) in [5, 5.41) is 0. The first kappa shape index (κ1) is 14.9. The maximum Gasteiger partial charge on any atom is 0.374 e. The summed E-state index contributed by atoms with van der Waals surface area (Å²) in [5.41, 5.74) is 0. The van der Waals surface area contributed by atoms with Crippen LogP contribution in [0, 0.1) is 0 Å². The first-order valence-corrected chi connectivity index (χ1v) is 8.54. The Morgan fingerprint density at radius 3 is 2.06 bits per heavy atom. The summed E-state index contributed by atoms with van der Waals surface area (Å²) in [4.78, 5) is 8.42. The Balaban J connectivity index is 2.89. The molecule has 0 spiro atoms. The minimum Gasteiger partial charge on any atom is -0.424 e. The van der Waals surface area contributed by atoms with Gasteiger partial charge in [-0.15, -0.1) is 0 Å². The van der Waals surface area contributed by atoms with Gasteiger partial charge in [0.05, 0.1) is 8.95 Å². The van der Waals surface area contributed by atoms with Crippen LogP contribution in [-0.4, -0.2) is 4.89 Å². The Bertz CT molecular complexity index is 429. The van der Waals surface area contributed by atoms with Crippen molar-refractivity contribution >= 4 is 64.3 Å². The molecule has 16 heavy (non-hydrogen) atoms. The van der Waals surface area contributed by atoms with Crippen LogP contribution in [0.5, 0.6) is 5.75 Å². The molecule has 1 N–H and O–H groups in total. The van der Waals surface area contributed by atoms with E-state index in [0.717, 1.165) is 4.47 Å². The molecule has 90 valence electrons. The first-order chi connectivity index (χ1) is 7.40. The molecule has 0 aliphatic rings. The topological polar surface area (TPSA) is 72.8 Å². The van der Waals surface area contributed by atoms with Gasteiger partial charge in [0.15, 0.2) is 5.75 Å². The molecule has 0 fully saturated rings. The monoisotopic (exact) mass is 456 g/mol. The minimum absolute atomic E-state index is 0.246. The molecule has 10 heteroatoms. The molecular formula is C6H5Br3O5P2. The number of rotatable bonds is 4. The molecule has 0 amide bonds. The van der Waals surface area contributed by atoms with Crippen LogP contribution in [0.25, 0.3) is 0 Å². The second kappa shape index (κ2) is 6.69. The van der Waals surface area contributed by atoms with Crippen LogP contribution in [0.1, 0.15) is 0 Å². The molecule has 5 nitrogen and oxygen atoms in total. The van der Waals surface area contributed by atoms with Crippen molar-refractivity contribution in [2.45, 2.75) is 0 Å². The fraction of sp³-hybridized carbons (Fsp3) is 0. The Labute approximate surface area is 118 Å². The van der Waals surface area contributed by atoms with E-state index in [0.29, 0.717) is 8.95 Å². The van der Waals surface area contributed by atoms with Crippen LogP contribution in [0.2, 0.25) is 0 Å². The van der Waals surface area contributed by atoms with E-state index in [2.05, 4.69) is 52.1 Å². The molecule has 0 aromatic heterocycles. The van der Waals surface area contributed by atoms with E-state index < -0.39 is 16.5 Å². The summed E-state index contributed by atoms with van der Waals surface area (Å²) in [6.45, 7) is 0. The van der Waals surface area contributed by atoms with Gasteiger partial charge in [0.1, 0.15) is 0 Å². The summed E-state index contributed by atoms with van der Waals surface area (Å²) in [6, 6.07) is 3.36. The summed E-state index contributed by atoms with van der Waals surface area (Å²) >= 11 is 9.65. The Hall–Kier alpha value is 0.840. The van der Waals surface area contributed by atoms with Crippen LogP contribution >= 0.6 is 64.3 Å². The third-order valence-electron chi connectivity index (χ3n) is 1.32. The number of hydrogen-bond acceptors (Lipinski definition) is 4. The lowest BCUT2D eigenvalue weighted by atomic mass is 10.3. The van der Waals surface area contributed by atoms with E-state index in [4.69, 9.17) is 9.42 Å². The zero-order valence-electron chi connectivity index (χ0n) is 7.37. The predicted molar refractivity (Wildman–Crippen MR) is 71.5 cm³/mol. The van der Waals surface area contributed by atoms with E-state index in [1.54, 1.807) is 12.1 Å². The average molecular weight is 459 g/mol. The van der Waals surface area contributed by atoms with Crippen molar-refractivity contribution in [3.63, 3.8) is 0 Å². The number of hydrogen-bond donors (Lipinski definition) is 1. The molecule has 0 saturated carbocycles. The molecule has 0 bridgehead atoms. The minimum atomic E-state index is -3.27. The van der Waals surface area contributed by atoms with Crippen molar-refractivity contribution in [3.05, 3.63) is 25.6 Å². The van der Waals surface area contributed by atoms with Crippen molar-refractivity contribution in [2.75, 3.05) is 0 Å². The lowest BCUT2D eigenvalue weighted by molar-refractivity contribution is 0.374. The standard InChI is InChI=1S/C6H5Br3O5P2/c7-3-1-4(8)6(5(9)2-3)13-16(12)14-15(10)11/h1-2,15-16H,(H,10,11). The second-order valence-electron chi connectivity index (χ2n) is 2.42. The van der Waals surface area contributed by atoms with E-state index in [9.17, 15) is 9.13 Å². The van der Waals surface area contributed by atoms with Crippen molar-refractivity contribution in [2.24, 2.45) is 0 Å². The molecule has 0 saturated heterocycles. The zero-order valence-corrected chi connectivity index (χ0v) is 14.1. The lowest BCUT2D eigenvalue weighted by Crippen LogP contribution is -1.85. The maximum atomic E-state index is 11.2. The van der Waals surface area contributed by atoms with Crippen molar-refractivity contribution in [3.8, 4) is 5.75 Å². The van der Waals surface area contributed by atoms with Crippen LogP contribution < -0.4 is 4.52 Å². The highest BCUT2D eigenvalue weighted by Crippen LogP contribution is 2.44. The Kier molecular flexibility index (Phi) is 6.23. The highest BCUT2D eigenvalue weighted by molar-refractivity contribution is 9.11. The lowest BCUT2D eigenvalue weighted by Gasteiger charge is -2.09. The fourth-order valence-corrected chi connectivity index (χ4v) is 4.64. The fourth-order valence-electron chi connectivity index (χ4n) is 0.802. The third-order valence-corrected chi connectivity index (χ3v) is 4.69. The molecule has 1 aromatic carbocycles. The quantitative estimate of drug-likeness (QED) is 0.687. The van der Waals surface area contributed by atoms with Gasteiger partial charge in [-0.05, 0) is 44.0 Å². The molecular weight excluding hydrogens is 454 g/mol. The molecule has 0 heterocycles. The van der Waals surface area contributed by atoms with E-state index in [-0.39, 0.29) is 5.75 Å². The Morgan fingerprint density at radius 2 is 1.62 bits per heavy atom. The van der Waals surface area contributed by atoms with Gasteiger partial charge in [-0.2, -0.15) is 0 Å². The average Bonchev–Trinajstić information content (AvgIpc) is 2.09. The van der Waals surface area contributed by atoms with Crippen molar-refractivity contribution < 1.29 is 22.9 Å². The van der Waals surface area contributed by atoms with Crippen molar-refractivity contribution in [1.82, 2.24) is 0 Å². The van der Waals surface area contributed by atoms with Gasteiger partial charge in [0.25, 0.3) is 0 Å². The van der Waals surface area contributed by atoms with Crippen LogP contribution in [0.15, 0.2) is 25.6 Å². The summed E-state index contributed by atoms with van der Waals surface area (Å²) < 4.78 is 32.4. The smallest absolute Gasteiger partial charge is 0.374 e. The van der Waals surface area contributed by atoms with E-state index >= 15 is 0 Å². The maximum absolute atomic E-state index is 11.2. The predicted octanol–water partition coefficient (Wildman–Crippen LogP) is 4.14. The number of benzene rings is 1. The van der Waals surface area contributed by atoms with Crippen LogP contribution in [0.3, 0.4) is 0 Å². The third kappa shape index (κ3) is 4.61. The zero-order chi connectivity index (χ0) is 12.3. The summed E-state index contributed by atoms with van der Waals surface area (Å²) in [7, 11) is -6.31. The van der Waals surface area contributed by atoms with Gasteiger partial charge in [-0.1, -0.05) is 15.9 Å². The first-order valence-electron chi connectivity index (χ1n) is 3.67. The van der Waals surface area contributed by atoms with Crippen LogP contribution in [0.4, 0.5) is 0 Å². The van der Waals surface area contributed by atoms with Gasteiger partial charge in [-0.25, -0.2) is 8.88 Å². The highest BCUT2D eigenvalue weighted by Gasteiger charge is 2.12. The highest BCUT2D eigenvalue weighted by atomic mass is 79.9. The molecule has 0 radical (unpaired) electrons. The summed E-state index contributed by atoms with van der Waals surface area (Å²) in [5.74, 6) is 0.246. The molecule has 2 unspecified atom stereocenters.